The monoisotopic (exact) mass is 326 g/mol. The third-order valence-electron chi connectivity index (χ3n) is 4.24. The molecule has 3 rings (SSSR count). The lowest BCUT2D eigenvalue weighted by atomic mass is 10.0. The molecule has 1 saturated heterocycles. The molecule has 4 nitrogen and oxygen atoms in total. The first-order valence-corrected chi connectivity index (χ1v) is 8.04. The van der Waals surface area contributed by atoms with Gasteiger partial charge >= 0.3 is 0 Å². The molecule has 124 valence electrons. The Morgan fingerprint density at radius 1 is 0.917 bits per heavy atom. The number of carbonyl (C=O) groups excluding carboxylic acids is 2. The number of nitrogens with one attached hydrogen (secondary N) is 1. The topological polar surface area (TPSA) is 49.4 Å². The van der Waals surface area contributed by atoms with Crippen LogP contribution >= 0.6 is 0 Å². The van der Waals surface area contributed by atoms with Gasteiger partial charge in [0.05, 0.1) is 0 Å². The van der Waals surface area contributed by atoms with Crippen molar-refractivity contribution in [2.75, 3.05) is 13.1 Å². The van der Waals surface area contributed by atoms with Gasteiger partial charge in [-0.25, -0.2) is 4.39 Å². The van der Waals surface area contributed by atoms with Crippen LogP contribution in [-0.2, 0) is 0 Å². The van der Waals surface area contributed by atoms with Crippen molar-refractivity contribution in [2.45, 2.75) is 18.9 Å². The summed E-state index contributed by atoms with van der Waals surface area (Å²) in [4.78, 5) is 26.3. The molecule has 5 heteroatoms. The van der Waals surface area contributed by atoms with Gasteiger partial charge in [0.1, 0.15) is 5.82 Å². The molecule has 1 N–H and O–H groups in total. The molecular formula is C19H19FN2O2. The maximum atomic E-state index is 12.9. The molecule has 2 aromatic carbocycles. The van der Waals surface area contributed by atoms with Crippen LogP contribution in [0.4, 0.5) is 4.39 Å². The maximum absolute atomic E-state index is 12.9. The number of hydrogen-bond donors (Lipinski definition) is 1. The summed E-state index contributed by atoms with van der Waals surface area (Å²) in [6, 6.07) is 14.7. The van der Waals surface area contributed by atoms with Crippen LogP contribution in [0.5, 0.6) is 0 Å². The van der Waals surface area contributed by atoms with Gasteiger partial charge in [0.15, 0.2) is 0 Å². The SMILES string of the molecule is O=C(NC1CCN(C(=O)c2ccc(F)cc2)CC1)c1ccccc1. The van der Waals surface area contributed by atoms with Crippen LogP contribution in [0, 0.1) is 5.82 Å². The molecule has 0 aliphatic carbocycles. The molecule has 0 radical (unpaired) electrons. The van der Waals surface area contributed by atoms with Crippen molar-refractivity contribution in [3.63, 3.8) is 0 Å². The Morgan fingerprint density at radius 3 is 2.17 bits per heavy atom. The van der Waals surface area contributed by atoms with Crippen LogP contribution in [0.1, 0.15) is 33.6 Å². The Kier molecular flexibility index (Phi) is 4.89. The summed E-state index contributed by atoms with van der Waals surface area (Å²) in [7, 11) is 0. The van der Waals surface area contributed by atoms with Gasteiger partial charge < -0.3 is 10.2 Å². The van der Waals surface area contributed by atoms with E-state index < -0.39 is 0 Å². The Bertz CT molecular complexity index is 708. The van der Waals surface area contributed by atoms with Crippen LogP contribution in [0.15, 0.2) is 54.6 Å². The Morgan fingerprint density at radius 2 is 1.54 bits per heavy atom. The molecule has 1 aliphatic heterocycles. The predicted octanol–water partition coefficient (Wildman–Crippen LogP) is 2.86. The molecule has 2 aromatic rings. The second-order valence-electron chi connectivity index (χ2n) is 5.91. The first-order valence-electron chi connectivity index (χ1n) is 8.04. The zero-order valence-electron chi connectivity index (χ0n) is 13.2. The van der Waals surface area contributed by atoms with Gasteiger partial charge in [0.2, 0.25) is 0 Å². The van der Waals surface area contributed by atoms with Gasteiger partial charge in [-0.15, -0.1) is 0 Å². The highest BCUT2D eigenvalue weighted by molar-refractivity contribution is 5.95. The highest BCUT2D eigenvalue weighted by Gasteiger charge is 2.24. The number of rotatable bonds is 3. The fraction of sp³-hybridized carbons (Fsp3) is 0.263. The number of hydrogen-bond acceptors (Lipinski definition) is 2. The number of likely N-dealkylation sites (tertiary alicyclic amines) is 1. The fourth-order valence-corrected chi connectivity index (χ4v) is 2.86. The van der Waals surface area contributed by atoms with E-state index >= 15 is 0 Å². The lowest BCUT2D eigenvalue weighted by Gasteiger charge is -2.32. The van der Waals surface area contributed by atoms with Gasteiger partial charge in [-0.2, -0.15) is 0 Å². The van der Waals surface area contributed by atoms with E-state index in [0.717, 1.165) is 0 Å². The van der Waals surface area contributed by atoms with Crippen molar-refractivity contribution in [1.82, 2.24) is 10.2 Å². The van der Waals surface area contributed by atoms with Gasteiger partial charge in [-0.05, 0) is 49.2 Å². The Labute approximate surface area is 140 Å². The zero-order chi connectivity index (χ0) is 16.9. The summed E-state index contributed by atoms with van der Waals surface area (Å²) in [6.07, 6.45) is 1.43. The smallest absolute Gasteiger partial charge is 0.253 e. The Balaban J connectivity index is 1.53. The molecule has 24 heavy (non-hydrogen) atoms. The van der Waals surface area contributed by atoms with Crippen molar-refractivity contribution in [2.24, 2.45) is 0 Å². The first-order chi connectivity index (χ1) is 11.6. The molecule has 1 aliphatic rings. The lowest BCUT2D eigenvalue weighted by Crippen LogP contribution is -2.46. The highest BCUT2D eigenvalue weighted by atomic mass is 19.1. The average Bonchev–Trinajstić information content (AvgIpc) is 2.63. The third kappa shape index (κ3) is 3.79. The summed E-state index contributed by atoms with van der Waals surface area (Å²) in [5.41, 5.74) is 1.13. The van der Waals surface area contributed by atoms with E-state index in [2.05, 4.69) is 5.32 Å². The van der Waals surface area contributed by atoms with Crippen molar-refractivity contribution < 1.29 is 14.0 Å². The van der Waals surface area contributed by atoms with Gasteiger partial charge in [-0.1, -0.05) is 18.2 Å². The number of carbonyl (C=O) groups is 2. The van der Waals surface area contributed by atoms with E-state index in [0.29, 0.717) is 37.1 Å². The van der Waals surface area contributed by atoms with Gasteiger partial charge in [0.25, 0.3) is 11.8 Å². The quantitative estimate of drug-likeness (QED) is 0.943. The number of amides is 2. The third-order valence-corrected chi connectivity index (χ3v) is 4.24. The van der Waals surface area contributed by atoms with Crippen LogP contribution in [0.2, 0.25) is 0 Å². The van der Waals surface area contributed by atoms with Crippen molar-refractivity contribution >= 4 is 11.8 Å². The fourth-order valence-electron chi connectivity index (χ4n) is 2.86. The van der Waals surface area contributed by atoms with E-state index in [1.165, 1.54) is 24.3 Å². The Hall–Kier alpha value is -2.69. The molecule has 1 heterocycles. The second kappa shape index (κ2) is 7.25. The number of piperidine rings is 1. The molecule has 0 unspecified atom stereocenters. The largest absolute Gasteiger partial charge is 0.349 e. The van der Waals surface area contributed by atoms with Crippen LogP contribution in [-0.4, -0.2) is 35.8 Å². The molecule has 0 saturated carbocycles. The number of halogens is 1. The molecule has 0 spiro atoms. The van der Waals surface area contributed by atoms with Crippen molar-refractivity contribution in [1.29, 1.82) is 0 Å². The molecular weight excluding hydrogens is 307 g/mol. The van der Waals surface area contributed by atoms with E-state index in [1.807, 2.05) is 18.2 Å². The normalized spacial score (nSPS) is 15.1. The standard InChI is InChI=1S/C19H19FN2O2/c20-16-8-6-15(7-9-16)19(24)22-12-10-17(11-13-22)21-18(23)14-4-2-1-3-5-14/h1-9,17H,10-13H2,(H,21,23). The van der Waals surface area contributed by atoms with Crippen LogP contribution in [0.25, 0.3) is 0 Å². The van der Waals surface area contributed by atoms with E-state index in [4.69, 9.17) is 0 Å². The zero-order valence-corrected chi connectivity index (χ0v) is 13.2. The lowest BCUT2D eigenvalue weighted by molar-refractivity contribution is 0.0698. The first kappa shape index (κ1) is 16.2. The van der Waals surface area contributed by atoms with Crippen molar-refractivity contribution in [3.05, 3.63) is 71.5 Å². The molecule has 0 bridgehead atoms. The molecule has 1 fully saturated rings. The predicted molar refractivity (Wildman–Crippen MR) is 89.2 cm³/mol. The van der Waals surface area contributed by atoms with Gasteiger partial charge in [-0.3, -0.25) is 9.59 Å². The van der Waals surface area contributed by atoms with Crippen LogP contribution < -0.4 is 5.32 Å². The highest BCUT2D eigenvalue weighted by Crippen LogP contribution is 2.15. The summed E-state index contributed by atoms with van der Waals surface area (Å²) in [5.74, 6) is -0.532. The van der Waals surface area contributed by atoms with E-state index in [9.17, 15) is 14.0 Å². The summed E-state index contributed by atoms with van der Waals surface area (Å²) >= 11 is 0. The van der Waals surface area contributed by atoms with Gasteiger partial charge in [0, 0.05) is 30.3 Å². The summed E-state index contributed by atoms with van der Waals surface area (Å²) in [5, 5.41) is 3.02. The number of benzene rings is 2. The van der Waals surface area contributed by atoms with E-state index in [-0.39, 0.29) is 23.7 Å². The summed E-state index contributed by atoms with van der Waals surface area (Å²) < 4.78 is 12.9. The molecule has 0 aromatic heterocycles. The minimum Gasteiger partial charge on any atom is -0.349 e. The van der Waals surface area contributed by atoms with Crippen LogP contribution in [0.3, 0.4) is 0 Å². The maximum Gasteiger partial charge on any atom is 0.253 e. The minimum absolute atomic E-state index is 0.0648. The summed E-state index contributed by atoms with van der Waals surface area (Å²) in [6.45, 7) is 1.16. The minimum atomic E-state index is -0.353. The number of nitrogens with zero attached hydrogens (tertiary/aromatic N) is 1. The molecule has 2 amide bonds. The second-order valence-corrected chi connectivity index (χ2v) is 5.91. The van der Waals surface area contributed by atoms with Crippen molar-refractivity contribution in [3.8, 4) is 0 Å². The van der Waals surface area contributed by atoms with E-state index in [1.54, 1.807) is 17.0 Å². The molecule has 0 atom stereocenters. The average molecular weight is 326 g/mol.